The van der Waals surface area contributed by atoms with Crippen molar-refractivity contribution in [1.29, 1.82) is 0 Å². The van der Waals surface area contributed by atoms with Gasteiger partial charge in [0.1, 0.15) is 6.54 Å². The number of halogens is 4. The molecule has 1 saturated heterocycles. The van der Waals surface area contributed by atoms with Crippen LogP contribution in [0.2, 0.25) is 5.02 Å². The lowest BCUT2D eigenvalue weighted by Gasteiger charge is -2.35. The van der Waals surface area contributed by atoms with Crippen molar-refractivity contribution in [2.24, 2.45) is 0 Å². The second-order valence-electron chi connectivity index (χ2n) is 9.48. The Morgan fingerprint density at radius 1 is 0.975 bits per heavy atom. The summed E-state index contributed by atoms with van der Waals surface area (Å²) in [6.07, 6.45) is -0.740. The summed E-state index contributed by atoms with van der Waals surface area (Å²) in [7, 11) is -4.37. The van der Waals surface area contributed by atoms with E-state index in [1.54, 1.807) is 19.1 Å². The molecule has 40 heavy (non-hydrogen) atoms. The van der Waals surface area contributed by atoms with E-state index in [4.69, 9.17) is 11.6 Å². The third kappa shape index (κ3) is 7.24. The maximum atomic E-state index is 13.6. The van der Waals surface area contributed by atoms with Crippen LogP contribution >= 0.6 is 11.6 Å². The highest BCUT2D eigenvalue weighted by molar-refractivity contribution is 7.92. The molecule has 1 aliphatic rings. The Morgan fingerprint density at radius 2 is 1.62 bits per heavy atom. The first-order chi connectivity index (χ1) is 18.9. The number of hydrogen-bond acceptors (Lipinski definition) is 4. The summed E-state index contributed by atoms with van der Waals surface area (Å²) in [4.78, 5) is 16.9. The number of hydrogen-bond donors (Lipinski definition) is 0. The highest BCUT2D eigenvalue weighted by Crippen LogP contribution is 2.38. The predicted molar refractivity (Wildman–Crippen MR) is 151 cm³/mol. The molecule has 0 aliphatic carbocycles. The lowest BCUT2D eigenvalue weighted by atomic mass is 10.2. The normalized spacial score (nSPS) is 15.0. The van der Waals surface area contributed by atoms with E-state index in [1.165, 1.54) is 23.1 Å². The maximum absolute atomic E-state index is 13.6. The number of nitrogens with zero attached hydrogens (tertiary/aromatic N) is 3. The van der Waals surface area contributed by atoms with E-state index in [0.29, 0.717) is 38.8 Å². The van der Waals surface area contributed by atoms with E-state index in [2.05, 4.69) is 4.90 Å². The molecule has 0 saturated carbocycles. The van der Waals surface area contributed by atoms with E-state index in [0.717, 1.165) is 21.5 Å². The van der Waals surface area contributed by atoms with Crippen molar-refractivity contribution < 1.29 is 26.4 Å². The van der Waals surface area contributed by atoms with Crippen LogP contribution in [0.25, 0.3) is 6.08 Å². The topological polar surface area (TPSA) is 60.9 Å². The number of rotatable bonds is 8. The fourth-order valence-corrected chi connectivity index (χ4v) is 5.97. The van der Waals surface area contributed by atoms with Crippen molar-refractivity contribution in [3.05, 3.63) is 101 Å². The monoisotopic (exact) mass is 591 g/mol. The molecule has 0 N–H and O–H groups in total. The molecule has 1 aliphatic heterocycles. The highest BCUT2D eigenvalue weighted by Gasteiger charge is 2.36. The molecule has 0 bridgehead atoms. The van der Waals surface area contributed by atoms with E-state index in [1.807, 2.05) is 42.5 Å². The van der Waals surface area contributed by atoms with Gasteiger partial charge in [-0.1, -0.05) is 71.8 Å². The summed E-state index contributed by atoms with van der Waals surface area (Å²) in [5.41, 5.74) is 0.418. The average Bonchev–Trinajstić information content (AvgIpc) is 2.92. The summed E-state index contributed by atoms with van der Waals surface area (Å²) in [5, 5.41) is -0.562. The third-order valence-corrected chi connectivity index (χ3v) is 8.75. The Morgan fingerprint density at radius 3 is 2.25 bits per heavy atom. The van der Waals surface area contributed by atoms with Gasteiger partial charge in [0, 0.05) is 32.7 Å². The zero-order chi connectivity index (χ0) is 28.9. The summed E-state index contributed by atoms with van der Waals surface area (Å²) in [6, 6.07) is 18.6. The second kappa shape index (κ2) is 12.4. The van der Waals surface area contributed by atoms with Crippen molar-refractivity contribution in [2.75, 3.05) is 43.6 Å². The summed E-state index contributed by atoms with van der Waals surface area (Å²) < 4.78 is 68.7. The van der Waals surface area contributed by atoms with E-state index >= 15 is 0 Å². The number of aryl methyl sites for hydroxylation is 1. The number of amides is 1. The molecule has 212 valence electrons. The Kier molecular flexibility index (Phi) is 9.22. The van der Waals surface area contributed by atoms with Gasteiger partial charge in [0.05, 0.1) is 21.2 Å². The van der Waals surface area contributed by atoms with Gasteiger partial charge in [-0.05, 0) is 42.8 Å². The van der Waals surface area contributed by atoms with Crippen LogP contribution in [0.15, 0.2) is 83.8 Å². The van der Waals surface area contributed by atoms with Gasteiger partial charge in [-0.2, -0.15) is 13.2 Å². The van der Waals surface area contributed by atoms with Crippen LogP contribution in [-0.4, -0.2) is 63.4 Å². The Balaban J connectivity index is 1.51. The van der Waals surface area contributed by atoms with Crippen LogP contribution in [0.1, 0.15) is 16.7 Å². The molecule has 1 amide bonds. The Hall–Kier alpha value is -3.34. The van der Waals surface area contributed by atoms with E-state index < -0.39 is 39.2 Å². The van der Waals surface area contributed by atoms with Gasteiger partial charge < -0.3 is 4.90 Å². The van der Waals surface area contributed by atoms with Gasteiger partial charge in [-0.15, -0.1) is 0 Å². The maximum Gasteiger partial charge on any atom is 0.417 e. The standard InChI is InChI=1S/C29H29ClF3N3O3S/c1-22-9-12-25(13-10-22)40(38,39)36(24-11-14-27(30)26(20-24)29(31,32)33)21-28(37)35-18-16-34(17-19-35)15-5-8-23-6-3-2-4-7-23/h2-14,20H,15-19,21H2,1H3/b8-5+. The predicted octanol–water partition coefficient (Wildman–Crippen LogP) is 5.72. The Bertz CT molecular complexity index is 1460. The molecule has 3 aromatic carbocycles. The molecule has 11 heteroatoms. The van der Waals surface area contributed by atoms with Gasteiger partial charge in [0.25, 0.3) is 10.0 Å². The first-order valence-electron chi connectivity index (χ1n) is 12.6. The summed E-state index contributed by atoms with van der Waals surface area (Å²) in [5.74, 6) is -0.501. The van der Waals surface area contributed by atoms with Gasteiger partial charge in [0.15, 0.2) is 0 Å². The quantitative estimate of drug-likeness (QED) is 0.336. The molecule has 0 atom stereocenters. The minimum Gasteiger partial charge on any atom is -0.339 e. The highest BCUT2D eigenvalue weighted by atomic mass is 35.5. The van der Waals surface area contributed by atoms with Crippen molar-refractivity contribution in [2.45, 2.75) is 18.0 Å². The largest absolute Gasteiger partial charge is 0.417 e. The minimum absolute atomic E-state index is 0.135. The van der Waals surface area contributed by atoms with Crippen molar-refractivity contribution in [1.82, 2.24) is 9.80 Å². The van der Waals surface area contributed by atoms with Crippen LogP contribution in [0.5, 0.6) is 0 Å². The zero-order valence-corrected chi connectivity index (χ0v) is 23.4. The van der Waals surface area contributed by atoms with Gasteiger partial charge in [0.2, 0.25) is 5.91 Å². The molecule has 6 nitrogen and oxygen atoms in total. The number of benzene rings is 3. The molecule has 0 unspecified atom stereocenters. The molecular formula is C29H29ClF3N3O3S. The fourth-order valence-electron chi connectivity index (χ4n) is 4.34. The first-order valence-corrected chi connectivity index (χ1v) is 14.4. The second-order valence-corrected chi connectivity index (χ2v) is 11.8. The van der Waals surface area contributed by atoms with Crippen LogP contribution in [0, 0.1) is 6.92 Å². The molecule has 1 heterocycles. The number of carbonyl (C=O) groups is 1. The van der Waals surface area contributed by atoms with Gasteiger partial charge in [-0.3, -0.25) is 14.0 Å². The lowest BCUT2D eigenvalue weighted by molar-refractivity contribution is -0.137. The van der Waals surface area contributed by atoms with E-state index in [-0.39, 0.29) is 10.6 Å². The van der Waals surface area contributed by atoms with Crippen molar-refractivity contribution >= 4 is 39.3 Å². The molecule has 1 fully saturated rings. The molecule has 0 spiro atoms. The van der Waals surface area contributed by atoms with Crippen LogP contribution < -0.4 is 4.31 Å². The molecule has 4 rings (SSSR count). The SMILES string of the molecule is Cc1ccc(S(=O)(=O)N(CC(=O)N2CCN(C/C=C/c3ccccc3)CC2)c2ccc(Cl)c(C(F)(F)F)c2)cc1. The van der Waals surface area contributed by atoms with Crippen LogP contribution in [0.3, 0.4) is 0 Å². The minimum atomic E-state index is -4.80. The fraction of sp³-hybridized carbons (Fsp3) is 0.276. The number of anilines is 1. The number of carbonyl (C=O) groups excluding carboxylic acids is 1. The molecule has 3 aromatic rings. The molecular weight excluding hydrogens is 563 g/mol. The summed E-state index contributed by atoms with van der Waals surface area (Å²) >= 11 is 5.77. The molecule has 0 radical (unpaired) electrons. The van der Waals surface area contributed by atoms with Crippen LogP contribution in [0.4, 0.5) is 18.9 Å². The first kappa shape index (κ1) is 29.6. The van der Waals surface area contributed by atoms with Gasteiger partial charge in [-0.25, -0.2) is 8.42 Å². The molecule has 0 aromatic heterocycles. The summed E-state index contributed by atoms with van der Waals surface area (Å²) in [6.45, 7) is 3.71. The number of piperazine rings is 1. The third-order valence-electron chi connectivity index (χ3n) is 6.63. The number of sulfonamides is 1. The number of alkyl halides is 3. The average molecular weight is 592 g/mol. The Labute approximate surface area is 237 Å². The van der Waals surface area contributed by atoms with Crippen molar-refractivity contribution in [3.63, 3.8) is 0 Å². The zero-order valence-electron chi connectivity index (χ0n) is 21.8. The van der Waals surface area contributed by atoms with Crippen LogP contribution in [-0.2, 0) is 21.0 Å². The smallest absolute Gasteiger partial charge is 0.339 e. The van der Waals surface area contributed by atoms with E-state index in [9.17, 15) is 26.4 Å². The lowest BCUT2D eigenvalue weighted by Crippen LogP contribution is -2.51. The van der Waals surface area contributed by atoms with Crippen molar-refractivity contribution in [3.8, 4) is 0 Å². The van der Waals surface area contributed by atoms with Gasteiger partial charge >= 0.3 is 6.18 Å².